The molecule has 1 aromatic heterocycles. The molecule has 6 heteroatoms. The molecule has 2 aromatic rings. The Labute approximate surface area is 145 Å². The monoisotopic (exact) mass is 343 g/mol. The molecule has 3 rings (SSSR count). The maximum atomic E-state index is 13.0. The lowest BCUT2D eigenvalue weighted by molar-refractivity contribution is -0.122. The summed E-state index contributed by atoms with van der Waals surface area (Å²) in [4.78, 5) is 24.2. The molecule has 1 fully saturated rings. The molecule has 1 aliphatic rings. The average molecular weight is 343 g/mol. The Kier molecular flexibility index (Phi) is 5.26. The fraction of sp³-hybridized carbons (Fsp3) is 0.421. The molecular weight excluding hydrogens is 321 g/mol. The third-order valence-electron chi connectivity index (χ3n) is 4.68. The van der Waals surface area contributed by atoms with Gasteiger partial charge in [-0.3, -0.25) is 9.59 Å². The molecule has 0 aliphatic heterocycles. The highest BCUT2D eigenvalue weighted by Gasteiger charge is 2.20. The minimum atomic E-state index is -0.335. The highest BCUT2D eigenvalue weighted by molar-refractivity contribution is 5.76. The lowest BCUT2D eigenvalue weighted by Crippen LogP contribution is -2.41. The van der Waals surface area contributed by atoms with E-state index in [1.54, 1.807) is 18.2 Å². The van der Waals surface area contributed by atoms with E-state index in [1.807, 2.05) is 0 Å². The number of carbonyl (C=O) groups is 1. The molecule has 1 heterocycles. The molecule has 0 bridgehead atoms. The van der Waals surface area contributed by atoms with Gasteiger partial charge >= 0.3 is 0 Å². The van der Waals surface area contributed by atoms with Gasteiger partial charge in [-0.15, -0.1) is 0 Å². The van der Waals surface area contributed by atoms with Crippen LogP contribution in [0.3, 0.4) is 0 Å². The smallest absolute Gasteiger partial charge is 0.267 e. The molecule has 1 aromatic carbocycles. The molecule has 1 N–H and O–H groups in total. The van der Waals surface area contributed by atoms with Crippen molar-refractivity contribution in [3.8, 4) is 11.3 Å². The van der Waals surface area contributed by atoms with E-state index in [4.69, 9.17) is 0 Å². The van der Waals surface area contributed by atoms with Gasteiger partial charge in [0, 0.05) is 17.7 Å². The first-order valence-corrected chi connectivity index (χ1v) is 8.65. The van der Waals surface area contributed by atoms with Crippen LogP contribution >= 0.6 is 0 Å². The van der Waals surface area contributed by atoms with Crippen LogP contribution in [0, 0.1) is 11.7 Å². The number of benzene rings is 1. The number of carbonyl (C=O) groups excluding carboxylic acids is 1. The van der Waals surface area contributed by atoms with Crippen LogP contribution in [0.1, 0.15) is 32.6 Å². The molecule has 0 radical (unpaired) electrons. The van der Waals surface area contributed by atoms with E-state index in [9.17, 15) is 14.0 Å². The summed E-state index contributed by atoms with van der Waals surface area (Å²) in [6.07, 6.45) is 4.18. The number of hydrogen-bond donors (Lipinski definition) is 1. The first-order chi connectivity index (χ1) is 12.0. The van der Waals surface area contributed by atoms with Gasteiger partial charge in [-0.1, -0.05) is 6.92 Å². The summed E-state index contributed by atoms with van der Waals surface area (Å²) < 4.78 is 14.2. The largest absolute Gasteiger partial charge is 0.352 e. The molecular formula is C19H22FN3O2. The second-order valence-corrected chi connectivity index (χ2v) is 6.75. The van der Waals surface area contributed by atoms with Crippen LogP contribution in [0.2, 0.25) is 0 Å². The van der Waals surface area contributed by atoms with Gasteiger partial charge in [-0.2, -0.15) is 5.10 Å². The van der Waals surface area contributed by atoms with Gasteiger partial charge < -0.3 is 5.32 Å². The van der Waals surface area contributed by atoms with Gasteiger partial charge in [-0.25, -0.2) is 9.07 Å². The van der Waals surface area contributed by atoms with Crippen LogP contribution in [0.25, 0.3) is 11.3 Å². The highest BCUT2D eigenvalue weighted by Crippen LogP contribution is 2.23. The Morgan fingerprint density at radius 1 is 1.16 bits per heavy atom. The Morgan fingerprint density at radius 2 is 1.84 bits per heavy atom. The average Bonchev–Trinajstić information content (AvgIpc) is 2.60. The van der Waals surface area contributed by atoms with E-state index < -0.39 is 0 Å². The summed E-state index contributed by atoms with van der Waals surface area (Å²) in [5.74, 6) is 0.175. The predicted molar refractivity (Wildman–Crippen MR) is 93.5 cm³/mol. The normalized spacial score (nSPS) is 20.2. The number of nitrogens with zero attached hydrogens (tertiary/aromatic N) is 2. The van der Waals surface area contributed by atoms with Crippen molar-refractivity contribution in [1.82, 2.24) is 15.1 Å². The highest BCUT2D eigenvalue weighted by atomic mass is 19.1. The summed E-state index contributed by atoms with van der Waals surface area (Å²) in [5, 5.41) is 7.23. The van der Waals surface area contributed by atoms with Gasteiger partial charge in [-0.05, 0) is 61.9 Å². The SMILES string of the molecule is CC1CCC(NC(=O)Cn2nc(-c3ccc(F)cc3)ccc2=O)CC1. The van der Waals surface area contributed by atoms with E-state index in [1.165, 1.54) is 18.2 Å². The van der Waals surface area contributed by atoms with E-state index in [-0.39, 0.29) is 29.9 Å². The quantitative estimate of drug-likeness (QED) is 0.928. The Bertz CT molecular complexity index is 793. The summed E-state index contributed by atoms with van der Waals surface area (Å²) in [7, 11) is 0. The third kappa shape index (κ3) is 4.53. The van der Waals surface area contributed by atoms with Crippen molar-refractivity contribution in [2.75, 3.05) is 0 Å². The van der Waals surface area contributed by atoms with Gasteiger partial charge in [0.05, 0.1) is 5.69 Å². The molecule has 0 unspecified atom stereocenters. The molecule has 132 valence electrons. The molecule has 1 aliphatic carbocycles. The molecule has 5 nitrogen and oxygen atoms in total. The molecule has 0 spiro atoms. The summed E-state index contributed by atoms with van der Waals surface area (Å²) in [6, 6.07) is 8.99. The zero-order valence-corrected chi connectivity index (χ0v) is 14.2. The lowest BCUT2D eigenvalue weighted by atomic mass is 9.87. The van der Waals surface area contributed by atoms with E-state index in [2.05, 4.69) is 17.3 Å². The Morgan fingerprint density at radius 3 is 2.52 bits per heavy atom. The standard InChI is InChI=1S/C19H22FN3O2/c1-13-2-8-16(9-3-13)21-18(24)12-23-19(25)11-10-17(22-23)14-4-6-15(20)7-5-14/h4-7,10-11,13,16H,2-3,8-9,12H2,1H3,(H,21,24). The van der Waals surface area contributed by atoms with Gasteiger partial charge in [0.1, 0.15) is 12.4 Å². The topological polar surface area (TPSA) is 64.0 Å². The zero-order valence-electron chi connectivity index (χ0n) is 14.2. The van der Waals surface area contributed by atoms with Crippen molar-refractivity contribution in [3.63, 3.8) is 0 Å². The van der Waals surface area contributed by atoms with E-state index in [0.29, 0.717) is 17.2 Å². The number of halogens is 1. The molecule has 0 saturated heterocycles. The summed E-state index contributed by atoms with van der Waals surface area (Å²) in [5.41, 5.74) is 0.883. The molecule has 0 atom stereocenters. The molecule has 25 heavy (non-hydrogen) atoms. The molecule has 1 saturated carbocycles. The second kappa shape index (κ2) is 7.59. The van der Waals surface area contributed by atoms with Crippen LogP contribution in [-0.4, -0.2) is 21.7 Å². The van der Waals surface area contributed by atoms with Crippen molar-refractivity contribution >= 4 is 5.91 Å². The first-order valence-electron chi connectivity index (χ1n) is 8.65. The summed E-state index contributed by atoms with van der Waals surface area (Å²) >= 11 is 0. The number of amides is 1. The van der Waals surface area contributed by atoms with Crippen molar-refractivity contribution in [3.05, 3.63) is 52.6 Å². The number of hydrogen-bond acceptors (Lipinski definition) is 3. The lowest BCUT2D eigenvalue weighted by Gasteiger charge is -2.26. The number of rotatable bonds is 4. The fourth-order valence-electron chi connectivity index (χ4n) is 3.15. The van der Waals surface area contributed by atoms with Crippen LogP contribution in [-0.2, 0) is 11.3 Å². The number of aromatic nitrogens is 2. The van der Waals surface area contributed by atoms with Crippen LogP contribution in [0.4, 0.5) is 4.39 Å². The maximum absolute atomic E-state index is 13.0. The van der Waals surface area contributed by atoms with Crippen molar-refractivity contribution in [2.24, 2.45) is 5.92 Å². The summed E-state index contributed by atoms with van der Waals surface area (Å²) in [6.45, 7) is 2.11. The zero-order chi connectivity index (χ0) is 17.8. The van der Waals surface area contributed by atoms with Crippen LogP contribution in [0.5, 0.6) is 0 Å². The minimum Gasteiger partial charge on any atom is -0.352 e. The predicted octanol–water partition coefficient (Wildman–Crippen LogP) is 2.74. The van der Waals surface area contributed by atoms with E-state index in [0.717, 1.165) is 30.4 Å². The van der Waals surface area contributed by atoms with Gasteiger partial charge in [0.15, 0.2) is 0 Å². The Balaban J connectivity index is 1.69. The van der Waals surface area contributed by atoms with E-state index >= 15 is 0 Å². The van der Waals surface area contributed by atoms with Crippen molar-refractivity contribution < 1.29 is 9.18 Å². The van der Waals surface area contributed by atoms with Gasteiger partial charge in [0.2, 0.25) is 5.91 Å². The minimum absolute atomic E-state index is 0.111. The fourth-order valence-corrected chi connectivity index (χ4v) is 3.15. The maximum Gasteiger partial charge on any atom is 0.267 e. The number of nitrogens with one attached hydrogen (secondary N) is 1. The van der Waals surface area contributed by atoms with Crippen molar-refractivity contribution in [1.29, 1.82) is 0 Å². The van der Waals surface area contributed by atoms with Crippen molar-refractivity contribution in [2.45, 2.75) is 45.2 Å². The van der Waals surface area contributed by atoms with Crippen LogP contribution in [0.15, 0.2) is 41.2 Å². The third-order valence-corrected chi connectivity index (χ3v) is 4.68. The van der Waals surface area contributed by atoms with Gasteiger partial charge in [0.25, 0.3) is 5.56 Å². The second-order valence-electron chi connectivity index (χ2n) is 6.75. The first kappa shape index (κ1) is 17.3. The molecule has 1 amide bonds. The Hall–Kier alpha value is -2.50. The van der Waals surface area contributed by atoms with Crippen LogP contribution < -0.4 is 10.9 Å².